The molecule has 0 aromatic heterocycles. The Morgan fingerprint density at radius 3 is 2.45 bits per heavy atom. The monoisotopic (exact) mass is 279 g/mol. The SMILES string of the molecule is COc1ccc(NCC2(O)CCC(C(=O)O)CC2)cc1. The number of aliphatic hydroxyl groups is 1. The Morgan fingerprint density at radius 2 is 1.95 bits per heavy atom. The van der Waals surface area contributed by atoms with Crippen molar-refractivity contribution >= 4 is 11.7 Å². The number of nitrogens with one attached hydrogen (secondary N) is 1. The van der Waals surface area contributed by atoms with Gasteiger partial charge in [-0.3, -0.25) is 4.79 Å². The molecule has 0 unspecified atom stereocenters. The Labute approximate surface area is 118 Å². The fourth-order valence-corrected chi connectivity index (χ4v) is 2.55. The second kappa shape index (κ2) is 6.13. The van der Waals surface area contributed by atoms with Crippen LogP contribution in [0.15, 0.2) is 24.3 Å². The fraction of sp³-hybridized carbons (Fsp3) is 0.533. The number of rotatable bonds is 5. The second-order valence-corrected chi connectivity index (χ2v) is 5.42. The van der Waals surface area contributed by atoms with Crippen molar-refractivity contribution in [2.45, 2.75) is 31.3 Å². The Balaban J connectivity index is 1.85. The maximum Gasteiger partial charge on any atom is 0.306 e. The molecule has 3 N–H and O–H groups in total. The normalized spacial score (nSPS) is 26.0. The molecule has 110 valence electrons. The quantitative estimate of drug-likeness (QED) is 0.769. The van der Waals surface area contributed by atoms with E-state index in [0.29, 0.717) is 32.2 Å². The van der Waals surface area contributed by atoms with E-state index in [1.165, 1.54) is 0 Å². The zero-order chi connectivity index (χ0) is 14.6. The van der Waals surface area contributed by atoms with Crippen LogP contribution >= 0.6 is 0 Å². The standard InChI is InChI=1S/C15H21NO4/c1-20-13-4-2-12(3-5-13)16-10-15(19)8-6-11(7-9-15)14(17)18/h2-5,11,16,19H,6-10H2,1H3,(H,17,18). The van der Waals surface area contributed by atoms with Gasteiger partial charge in [0.1, 0.15) is 5.75 Å². The molecule has 20 heavy (non-hydrogen) atoms. The molecule has 0 radical (unpaired) electrons. The summed E-state index contributed by atoms with van der Waals surface area (Å²) in [6.45, 7) is 0.436. The fourth-order valence-electron chi connectivity index (χ4n) is 2.55. The summed E-state index contributed by atoms with van der Waals surface area (Å²) in [6.07, 6.45) is 2.12. The van der Waals surface area contributed by atoms with E-state index in [2.05, 4.69) is 5.32 Å². The van der Waals surface area contributed by atoms with Gasteiger partial charge in [0.15, 0.2) is 0 Å². The number of aliphatic carboxylic acids is 1. The molecule has 2 rings (SSSR count). The molecule has 0 aliphatic heterocycles. The average molecular weight is 279 g/mol. The lowest BCUT2D eigenvalue weighted by molar-refractivity contribution is -0.144. The van der Waals surface area contributed by atoms with E-state index < -0.39 is 11.6 Å². The summed E-state index contributed by atoms with van der Waals surface area (Å²) in [7, 11) is 1.62. The summed E-state index contributed by atoms with van der Waals surface area (Å²) in [5, 5.41) is 22.6. The lowest BCUT2D eigenvalue weighted by atomic mass is 9.79. The molecule has 1 aliphatic carbocycles. The van der Waals surface area contributed by atoms with Gasteiger partial charge in [0.05, 0.1) is 18.6 Å². The van der Waals surface area contributed by atoms with Crippen LogP contribution in [-0.2, 0) is 4.79 Å². The van der Waals surface area contributed by atoms with Crippen molar-refractivity contribution in [3.63, 3.8) is 0 Å². The predicted octanol–water partition coefficient (Wildman–Crippen LogP) is 2.11. The zero-order valence-corrected chi connectivity index (χ0v) is 11.6. The molecule has 1 saturated carbocycles. The van der Waals surface area contributed by atoms with Crippen LogP contribution in [0.3, 0.4) is 0 Å². The maximum atomic E-state index is 10.9. The van der Waals surface area contributed by atoms with Crippen molar-refractivity contribution in [2.75, 3.05) is 19.0 Å². The molecule has 0 atom stereocenters. The molecule has 1 aliphatic rings. The number of anilines is 1. The maximum absolute atomic E-state index is 10.9. The van der Waals surface area contributed by atoms with Crippen molar-refractivity contribution in [1.29, 1.82) is 0 Å². The molecule has 0 saturated heterocycles. The third kappa shape index (κ3) is 3.63. The molecular formula is C15H21NO4. The minimum atomic E-state index is -0.814. The van der Waals surface area contributed by atoms with E-state index >= 15 is 0 Å². The first-order chi connectivity index (χ1) is 9.52. The average Bonchev–Trinajstić information content (AvgIpc) is 2.46. The highest BCUT2D eigenvalue weighted by atomic mass is 16.5. The van der Waals surface area contributed by atoms with Crippen LogP contribution in [-0.4, -0.2) is 35.4 Å². The topological polar surface area (TPSA) is 78.8 Å². The lowest BCUT2D eigenvalue weighted by Crippen LogP contribution is -2.41. The van der Waals surface area contributed by atoms with Gasteiger partial charge in [0, 0.05) is 12.2 Å². The highest BCUT2D eigenvalue weighted by Crippen LogP contribution is 2.32. The zero-order valence-electron chi connectivity index (χ0n) is 11.6. The van der Waals surface area contributed by atoms with Crippen molar-refractivity contribution in [2.24, 2.45) is 5.92 Å². The molecular weight excluding hydrogens is 258 g/mol. The minimum Gasteiger partial charge on any atom is -0.497 e. The van der Waals surface area contributed by atoms with Gasteiger partial charge < -0.3 is 20.3 Å². The molecule has 1 aromatic rings. The first-order valence-electron chi connectivity index (χ1n) is 6.85. The van der Waals surface area contributed by atoms with Crippen LogP contribution in [0.5, 0.6) is 5.75 Å². The smallest absolute Gasteiger partial charge is 0.306 e. The third-order valence-electron chi connectivity index (χ3n) is 3.98. The highest BCUT2D eigenvalue weighted by molar-refractivity contribution is 5.70. The van der Waals surface area contributed by atoms with Crippen molar-refractivity contribution in [3.05, 3.63) is 24.3 Å². The van der Waals surface area contributed by atoms with Crippen molar-refractivity contribution in [3.8, 4) is 5.75 Å². The van der Waals surface area contributed by atoms with Crippen LogP contribution in [0.25, 0.3) is 0 Å². The van der Waals surface area contributed by atoms with E-state index in [4.69, 9.17) is 9.84 Å². The number of carbonyl (C=O) groups is 1. The van der Waals surface area contributed by atoms with Crippen LogP contribution in [0.1, 0.15) is 25.7 Å². The Hall–Kier alpha value is -1.75. The molecule has 0 bridgehead atoms. The summed E-state index contributed by atoms with van der Waals surface area (Å²) in [5.74, 6) is -0.275. The van der Waals surface area contributed by atoms with Gasteiger partial charge in [-0.25, -0.2) is 0 Å². The Bertz CT molecular complexity index is 449. The van der Waals surface area contributed by atoms with E-state index in [1.54, 1.807) is 7.11 Å². The number of ether oxygens (including phenoxy) is 1. The van der Waals surface area contributed by atoms with Crippen LogP contribution < -0.4 is 10.1 Å². The number of benzene rings is 1. The number of carboxylic acid groups (broad SMARTS) is 1. The van der Waals surface area contributed by atoms with Crippen LogP contribution in [0, 0.1) is 5.92 Å². The Morgan fingerprint density at radius 1 is 1.35 bits per heavy atom. The molecule has 0 amide bonds. The largest absolute Gasteiger partial charge is 0.497 e. The molecule has 1 aromatic carbocycles. The van der Waals surface area contributed by atoms with Crippen molar-refractivity contribution < 1.29 is 19.7 Å². The number of hydrogen-bond donors (Lipinski definition) is 3. The van der Waals surface area contributed by atoms with Gasteiger partial charge in [-0.05, 0) is 49.9 Å². The van der Waals surface area contributed by atoms with Gasteiger partial charge in [0.2, 0.25) is 0 Å². The summed E-state index contributed by atoms with van der Waals surface area (Å²) >= 11 is 0. The van der Waals surface area contributed by atoms with Gasteiger partial charge in [-0.2, -0.15) is 0 Å². The first kappa shape index (κ1) is 14.7. The minimum absolute atomic E-state index is 0.309. The van der Waals surface area contributed by atoms with Crippen LogP contribution in [0.4, 0.5) is 5.69 Å². The van der Waals surface area contributed by atoms with E-state index in [1.807, 2.05) is 24.3 Å². The van der Waals surface area contributed by atoms with E-state index in [-0.39, 0.29) is 5.92 Å². The second-order valence-electron chi connectivity index (χ2n) is 5.42. The highest BCUT2D eigenvalue weighted by Gasteiger charge is 2.35. The molecule has 1 fully saturated rings. The number of methoxy groups -OCH3 is 1. The summed E-state index contributed by atoms with van der Waals surface area (Å²) in [4.78, 5) is 10.9. The molecule has 5 heteroatoms. The van der Waals surface area contributed by atoms with Gasteiger partial charge in [-0.1, -0.05) is 0 Å². The van der Waals surface area contributed by atoms with E-state index in [9.17, 15) is 9.90 Å². The number of carboxylic acids is 1. The van der Waals surface area contributed by atoms with Crippen LogP contribution in [0.2, 0.25) is 0 Å². The number of hydrogen-bond acceptors (Lipinski definition) is 4. The molecule has 0 spiro atoms. The van der Waals surface area contributed by atoms with Gasteiger partial charge in [-0.15, -0.1) is 0 Å². The van der Waals surface area contributed by atoms with Crippen molar-refractivity contribution in [1.82, 2.24) is 0 Å². The van der Waals surface area contributed by atoms with Gasteiger partial charge >= 0.3 is 5.97 Å². The first-order valence-corrected chi connectivity index (χ1v) is 6.85. The third-order valence-corrected chi connectivity index (χ3v) is 3.98. The molecule has 0 heterocycles. The Kier molecular flexibility index (Phi) is 4.49. The van der Waals surface area contributed by atoms with Gasteiger partial charge in [0.25, 0.3) is 0 Å². The summed E-state index contributed by atoms with van der Waals surface area (Å²) < 4.78 is 5.08. The summed E-state index contributed by atoms with van der Waals surface area (Å²) in [5.41, 5.74) is 0.103. The lowest BCUT2D eigenvalue weighted by Gasteiger charge is -2.35. The predicted molar refractivity (Wildman–Crippen MR) is 76.0 cm³/mol. The summed E-state index contributed by atoms with van der Waals surface area (Å²) in [6, 6.07) is 7.50. The van der Waals surface area contributed by atoms with E-state index in [0.717, 1.165) is 11.4 Å². The molecule has 5 nitrogen and oxygen atoms in total.